The number of pyridine rings is 1. The lowest BCUT2D eigenvalue weighted by molar-refractivity contribution is 0.0857. The van der Waals surface area contributed by atoms with Gasteiger partial charge in [-0.2, -0.15) is 0 Å². The number of carbonyl (C=O) groups excluding carboxylic acids is 1. The predicted molar refractivity (Wildman–Crippen MR) is 97.3 cm³/mol. The molecule has 1 aromatic heterocycles. The van der Waals surface area contributed by atoms with Crippen LogP contribution in [0.25, 0.3) is 0 Å². The molecule has 2 atom stereocenters. The first-order chi connectivity index (χ1) is 12.2. The summed E-state index contributed by atoms with van der Waals surface area (Å²) in [6, 6.07) is 12.6. The van der Waals surface area contributed by atoms with Crippen molar-refractivity contribution in [3.8, 4) is 0 Å². The van der Waals surface area contributed by atoms with E-state index in [1.165, 1.54) is 11.3 Å². The highest BCUT2D eigenvalue weighted by Crippen LogP contribution is 2.36. The Kier molecular flexibility index (Phi) is 4.40. The summed E-state index contributed by atoms with van der Waals surface area (Å²) < 4.78 is 5.53. The van der Waals surface area contributed by atoms with Gasteiger partial charge in [-0.15, -0.1) is 0 Å². The molecule has 1 amide bonds. The molecule has 25 heavy (non-hydrogen) atoms. The van der Waals surface area contributed by atoms with Crippen molar-refractivity contribution < 1.29 is 9.53 Å². The molecule has 2 aliphatic heterocycles. The van der Waals surface area contributed by atoms with E-state index >= 15 is 0 Å². The molecule has 5 nitrogen and oxygen atoms in total. The molecule has 1 aromatic carbocycles. The first-order valence-electron chi connectivity index (χ1n) is 8.95. The zero-order valence-corrected chi connectivity index (χ0v) is 14.4. The molecule has 4 rings (SSSR count). The summed E-state index contributed by atoms with van der Waals surface area (Å²) in [5.41, 5.74) is 3.13. The van der Waals surface area contributed by atoms with Crippen molar-refractivity contribution in [1.29, 1.82) is 0 Å². The van der Waals surface area contributed by atoms with E-state index in [0.717, 1.165) is 31.7 Å². The summed E-state index contributed by atoms with van der Waals surface area (Å²) in [5, 5.41) is 2.94. The number of ether oxygens (including phenoxy) is 1. The number of hydrogen-bond donors (Lipinski definition) is 1. The molecule has 0 spiro atoms. The van der Waals surface area contributed by atoms with Gasteiger partial charge in [-0.3, -0.25) is 4.79 Å². The third-order valence-corrected chi connectivity index (χ3v) is 4.98. The molecule has 0 bridgehead atoms. The maximum atomic E-state index is 12.3. The monoisotopic (exact) mass is 337 g/mol. The van der Waals surface area contributed by atoms with Crippen LogP contribution in [0.15, 0.2) is 42.6 Å². The second-order valence-electron chi connectivity index (χ2n) is 6.80. The number of rotatable bonds is 4. The molecule has 3 heterocycles. The van der Waals surface area contributed by atoms with Crippen molar-refractivity contribution in [2.45, 2.75) is 38.3 Å². The van der Waals surface area contributed by atoms with Gasteiger partial charge in [0.25, 0.3) is 5.91 Å². The number of aromatic nitrogens is 1. The first-order valence-corrected chi connectivity index (χ1v) is 8.95. The Morgan fingerprint density at radius 1 is 1.32 bits per heavy atom. The largest absolute Gasteiger partial charge is 0.376 e. The molecule has 5 heteroatoms. The summed E-state index contributed by atoms with van der Waals surface area (Å²) in [7, 11) is 0. The fourth-order valence-corrected chi connectivity index (χ4v) is 3.69. The van der Waals surface area contributed by atoms with Gasteiger partial charge in [-0.1, -0.05) is 18.2 Å². The van der Waals surface area contributed by atoms with E-state index in [2.05, 4.69) is 46.4 Å². The Labute approximate surface area is 148 Å². The molecular weight excluding hydrogens is 314 g/mol. The van der Waals surface area contributed by atoms with Crippen LogP contribution in [0.1, 0.15) is 35.7 Å². The van der Waals surface area contributed by atoms with E-state index in [4.69, 9.17) is 4.74 Å². The minimum atomic E-state index is -0.0931. The van der Waals surface area contributed by atoms with Crippen LogP contribution in [0.4, 0.5) is 11.5 Å². The fourth-order valence-electron chi connectivity index (χ4n) is 3.69. The lowest BCUT2D eigenvalue weighted by Gasteiger charge is -2.23. The van der Waals surface area contributed by atoms with Gasteiger partial charge in [0, 0.05) is 31.1 Å². The normalized spacial score (nSPS) is 22.0. The molecular formula is C20H23N3O2. The van der Waals surface area contributed by atoms with Crippen molar-refractivity contribution in [2.24, 2.45) is 0 Å². The zero-order chi connectivity index (χ0) is 17.2. The standard InChI is InChI=1S/C20H23N3O2/c1-14-11-15-5-2-3-7-18(15)23(14)19-9-8-16(12-21-19)20(24)22-13-17-6-4-10-25-17/h2-3,5,7-9,12,14,17H,4,6,10-11,13H2,1H3,(H,22,24). The number of nitrogens with one attached hydrogen (secondary N) is 1. The summed E-state index contributed by atoms with van der Waals surface area (Å²) in [4.78, 5) is 19.1. The lowest BCUT2D eigenvalue weighted by atomic mass is 10.1. The van der Waals surface area contributed by atoms with Gasteiger partial charge >= 0.3 is 0 Å². The second-order valence-corrected chi connectivity index (χ2v) is 6.80. The number of fused-ring (bicyclic) bond motifs is 1. The Balaban J connectivity index is 1.46. The average molecular weight is 337 g/mol. The molecule has 0 aliphatic carbocycles. The molecule has 2 unspecified atom stereocenters. The molecule has 1 fully saturated rings. The molecule has 0 saturated carbocycles. The Hall–Kier alpha value is -2.40. The lowest BCUT2D eigenvalue weighted by Crippen LogP contribution is -2.32. The van der Waals surface area contributed by atoms with Crippen molar-refractivity contribution >= 4 is 17.4 Å². The van der Waals surface area contributed by atoms with Crippen LogP contribution >= 0.6 is 0 Å². The van der Waals surface area contributed by atoms with Gasteiger partial charge in [0.1, 0.15) is 5.82 Å². The van der Waals surface area contributed by atoms with Crippen LogP contribution < -0.4 is 10.2 Å². The maximum absolute atomic E-state index is 12.3. The van der Waals surface area contributed by atoms with E-state index in [1.54, 1.807) is 6.20 Å². The van der Waals surface area contributed by atoms with Crippen LogP contribution in [-0.2, 0) is 11.2 Å². The summed E-state index contributed by atoms with van der Waals surface area (Å²) in [6.45, 7) is 3.56. The van der Waals surface area contributed by atoms with Crippen LogP contribution in [0, 0.1) is 0 Å². The quantitative estimate of drug-likeness (QED) is 0.931. The van der Waals surface area contributed by atoms with Crippen molar-refractivity contribution in [3.63, 3.8) is 0 Å². The minimum Gasteiger partial charge on any atom is -0.376 e. The Morgan fingerprint density at radius 3 is 2.96 bits per heavy atom. The smallest absolute Gasteiger partial charge is 0.252 e. The van der Waals surface area contributed by atoms with E-state index in [-0.39, 0.29) is 12.0 Å². The van der Waals surface area contributed by atoms with Gasteiger partial charge in [-0.25, -0.2) is 4.98 Å². The number of para-hydroxylation sites is 1. The van der Waals surface area contributed by atoms with Crippen molar-refractivity contribution in [1.82, 2.24) is 10.3 Å². The molecule has 2 aliphatic rings. The minimum absolute atomic E-state index is 0.0931. The summed E-state index contributed by atoms with van der Waals surface area (Å²) >= 11 is 0. The highest BCUT2D eigenvalue weighted by atomic mass is 16.5. The SMILES string of the molecule is CC1Cc2ccccc2N1c1ccc(C(=O)NCC2CCCO2)cn1. The van der Waals surface area contributed by atoms with Gasteiger partial charge < -0.3 is 15.0 Å². The Bertz CT molecular complexity index is 754. The van der Waals surface area contributed by atoms with Crippen LogP contribution in [0.5, 0.6) is 0 Å². The third-order valence-electron chi connectivity index (χ3n) is 4.98. The van der Waals surface area contributed by atoms with Crippen LogP contribution in [-0.4, -0.2) is 36.2 Å². The van der Waals surface area contributed by atoms with E-state index in [0.29, 0.717) is 18.2 Å². The van der Waals surface area contributed by atoms with E-state index < -0.39 is 0 Å². The first kappa shape index (κ1) is 16.1. The van der Waals surface area contributed by atoms with Gasteiger partial charge in [0.15, 0.2) is 0 Å². The number of anilines is 2. The second kappa shape index (κ2) is 6.84. The zero-order valence-electron chi connectivity index (χ0n) is 14.4. The van der Waals surface area contributed by atoms with Crippen LogP contribution in [0.2, 0.25) is 0 Å². The highest BCUT2D eigenvalue weighted by molar-refractivity contribution is 5.94. The van der Waals surface area contributed by atoms with Gasteiger partial charge in [0.2, 0.25) is 0 Å². The predicted octanol–water partition coefficient (Wildman–Crippen LogP) is 3.07. The topological polar surface area (TPSA) is 54.5 Å². The van der Waals surface area contributed by atoms with Crippen LogP contribution in [0.3, 0.4) is 0 Å². The average Bonchev–Trinajstić information content (AvgIpc) is 3.26. The van der Waals surface area contributed by atoms with E-state index in [9.17, 15) is 4.79 Å². The van der Waals surface area contributed by atoms with Gasteiger partial charge in [-0.05, 0) is 49.9 Å². The van der Waals surface area contributed by atoms with Crippen molar-refractivity contribution in [2.75, 3.05) is 18.1 Å². The number of hydrogen-bond acceptors (Lipinski definition) is 4. The Morgan fingerprint density at radius 2 is 2.20 bits per heavy atom. The number of nitrogens with zero attached hydrogens (tertiary/aromatic N) is 2. The molecule has 1 saturated heterocycles. The number of benzene rings is 1. The molecule has 130 valence electrons. The van der Waals surface area contributed by atoms with E-state index in [1.807, 2.05) is 12.1 Å². The molecule has 0 radical (unpaired) electrons. The summed E-state index contributed by atoms with van der Waals surface area (Å²) in [6.07, 6.45) is 4.92. The highest BCUT2D eigenvalue weighted by Gasteiger charge is 2.27. The summed E-state index contributed by atoms with van der Waals surface area (Å²) in [5.74, 6) is 0.789. The molecule has 1 N–H and O–H groups in total. The fraction of sp³-hybridized carbons (Fsp3) is 0.400. The third kappa shape index (κ3) is 3.24. The molecule has 2 aromatic rings. The van der Waals surface area contributed by atoms with Gasteiger partial charge in [0.05, 0.1) is 11.7 Å². The van der Waals surface area contributed by atoms with Crippen molar-refractivity contribution in [3.05, 3.63) is 53.7 Å². The number of amides is 1. The maximum Gasteiger partial charge on any atom is 0.252 e. The number of carbonyl (C=O) groups is 1.